The average molecular weight is 250 g/mol. The lowest BCUT2D eigenvalue weighted by molar-refractivity contribution is 0.383. The fourth-order valence-corrected chi connectivity index (χ4v) is 3.11. The Morgan fingerprint density at radius 2 is 2.27 bits per heavy atom. The Morgan fingerprint density at radius 3 is 2.67 bits per heavy atom. The van der Waals surface area contributed by atoms with Gasteiger partial charge in [0.15, 0.2) is 0 Å². The summed E-state index contributed by atoms with van der Waals surface area (Å²) in [5.41, 5.74) is 0. The van der Waals surface area contributed by atoms with E-state index in [2.05, 4.69) is 9.71 Å². The molecule has 5 nitrogen and oxygen atoms in total. The van der Waals surface area contributed by atoms with Crippen molar-refractivity contribution in [3.05, 3.63) is 11.5 Å². The van der Waals surface area contributed by atoms with Crippen molar-refractivity contribution in [1.29, 1.82) is 0 Å². The molecule has 1 heterocycles. The molecule has 1 aromatic heterocycles. The monoisotopic (exact) mass is 249 g/mol. The molecule has 2 rings (SSSR count). The van der Waals surface area contributed by atoms with Crippen LogP contribution in [0, 0.1) is 0 Å². The molecule has 0 unspecified atom stereocenters. The molecule has 0 spiro atoms. The minimum Gasteiger partial charge on any atom is -0.324 e. The largest absolute Gasteiger partial charge is 0.324 e. The summed E-state index contributed by atoms with van der Waals surface area (Å²) in [6.45, 7) is 0. The number of sulfonamides is 1. The van der Waals surface area contributed by atoms with Gasteiger partial charge in [0, 0.05) is 13.1 Å². The zero-order valence-corrected chi connectivity index (χ0v) is 9.85. The fourth-order valence-electron chi connectivity index (χ4n) is 1.38. The first-order chi connectivity index (χ1) is 7.00. The molecule has 84 valence electrons. The van der Waals surface area contributed by atoms with Gasteiger partial charge in [-0.1, -0.05) is 18.0 Å². The van der Waals surface area contributed by atoms with Gasteiger partial charge in [-0.15, -0.1) is 0 Å². The van der Waals surface area contributed by atoms with Crippen LogP contribution in [0.3, 0.4) is 0 Å². The predicted molar refractivity (Wildman–Crippen MR) is 56.2 cm³/mol. The molecule has 0 amide bonds. The molecule has 0 radical (unpaired) electrons. The first-order valence-electron chi connectivity index (χ1n) is 4.70. The van der Waals surface area contributed by atoms with E-state index in [1.807, 2.05) is 0 Å². The molecule has 7 heteroatoms. The maximum Gasteiger partial charge on any atom is 0.261 e. The third-order valence-electron chi connectivity index (χ3n) is 2.52. The maximum absolute atomic E-state index is 11.8. The lowest BCUT2D eigenvalue weighted by Gasteiger charge is -2.25. The van der Waals surface area contributed by atoms with Gasteiger partial charge >= 0.3 is 0 Å². The number of nitrogens with zero attached hydrogens (tertiary/aromatic N) is 2. The molecular weight excluding hydrogens is 238 g/mol. The Kier molecular flexibility index (Phi) is 2.74. The molecule has 0 aliphatic heterocycles. The summed E-state index contributed by atoms with van der Waals surface area (Å²) in [7, 11) is -1.89. The van der Waals surface area contributed by atoms with E-state index in [1.165, 1.54) is 10.9 Å². The molecule has 15 heavy (non-hydrogen) atoms. The van der Waals surface area contributed by atoms with Crippen LogP contribution in [0.1, 0.15) is 19.3 Å². The number of imidazole rings is 1. The summed E-state index contributed by atoms with van der Waals surface area (Å²) in [6, 6.07) is 0.0491. The van der Waals surface area contributed by atoms with Crippen molar-refractivity contribution in [2.24, 2.45) is 7.05 Å². The van der Waals surface area contributed by atoms with Gasteiger partial charge in [-0.3, -0.25) is 0 Å². The number of nitrogens with one attached hydrogen (secondary N) is 1. The molecule has 0 atom stereocenters. The number of hydrogen-bond donors (Lipinski definition) is 1. The van der Waals surface area contributed by atoms with Crippen molar-refractivity contribution >= 4 is 21.6 Å². The van der Waals surface area contributed by atoms with E-state index >= 15 is 0 Å². The van der Waals surface area contributed by atoms with Crippen LogP contribution in [0.15, 0.2) is 11.4 Å². The number of aryl methyl sites for hydroxylation is 1. The summed E-state index contributed by atoms with van der Waals surface area (Å²) in [4.78, 5) is 3.78. The predicted octanol–water partition coefficient (Wildman–Crippen LogP) is 0.904. The highest BCUT2D eigenvalue weighted by Crippen LogP contribution is 2.23. The van der Waals surface area contributed by atoms with E-state index in [-0.39, 0.29) is 16.2 Å². The van der Waals surface area contributed by atoms with Crippen LogP contribution in [-0.2, 0) is 17.1 Å². The molecule has 1 N–H and O–H groups in total. The molecule has 0 bridgehead atoms. The fraction of sp³-hybridized carbons (Fsp3) is 0.625. The zero-order chi connectivity index (χ0) is 11.1. The van der Waals surface area contributed by atoms with E-state index in [0.717, 1.165) is 19.3 Å². The van der Waals surface area contributed by atoms with E-state index in [0.29, 0.717) is 0 Å². The Morgan fingerprint density at radius 1 is 1.60 bits per heavy atom. The lowest BCUT2D eigenvalue weighted by Crippen LogP contribution is -2.39. The Hall–Kier alpha value is -0.590. The van der Waals surface area contributed by atoms with Crippen LogP contribution in [0.25, 0.3) is 0 Å². The smallest absolute Gasteiger partial charge is 0.261 e. The van der Waals surface area contributed by atoms with Crippen molar-refractivity contribution in [3.63, 3.8) is 0 Å². The first kappa shape index (κ1) is 10.9. The van der Waals surface area contributed by atoms with Crippen LogP contribution in [0.5, 0.6) is 0 Å². The van der Waals surface area contributed by atoms with Crippen molar-refractivity contribution in [2.75, 3.05) is 0 Å². The number of hydrogen-bond acceptors (Lipinski definition) is 3. The first-order valence-corrected chi connectivity index (χ1v) is 6.56. The second-order valence-corrected chi connectivity index (χ2v) is 5.69. The quantitative estimate of drug-likeness (QED) is 0.866. The average Bonchev–Trinajstić information content (AvgIpc) is 2.42. The van der Waals surface area contributed by atoms with Gasteiger partial charge in [0.05, 0.1) is 6.33 Å². The molecule has 1 saturated carbocycles. The van der Waals surface area contributed by atoms with Gasteiger partial charge < -0.3 is 4.57 Å². The van der Waals surface area contributed by atoms with E-state index < -0.39 is 10.0 Å². The van der Waals surface area contributed by atoms with E-state index in [9.17, 15) is 8.42 Å². The second-order valence-electron chi connectivity index (χ2n) is 3.70. The topological polar surface area (TPSA) is 64.0 Å². The lowest BCUT2D eigenvalue weighted by atomic mass is 9.94. The Labute approximate surface area is 93.5 Å². The van der Waals surface area contributed by atoms with Crippen molar-refractivity contribution < 1.29 is 8.42 Å². The van der Waals surface area contributed by atoms with E-state index in [4.69, 9.17) is 11.6 Å². The summed E-state index contributed by atoms with van der Waals surface area (Å²) in [5, 5.41) is 0.0559. The highest BCUT2D eigenvalue weighted by molar-refractivity contribution is 7.89. The van der Waals surface area contributed by atoms with Crippen LogP contribution in [-0.4, -0.2) is 24.0 Å². The highest BCUT2D eigenvalue weighted by Gasteiger charge is 2.28. The number of halogens is 1. The Balaban J connectivity index is 2.24. The van der Waals surface area contributed by atoms with Gasteiger partial charge in [0.2, 0.25) is 5.03 Å². The zero-order valence-electron chi connectivity index (χ0n) is 8.27. The van der Waals surface area contributed by atoms with Crippen molar-refractivity contribution in [2.45, 2.75) is 30.3 Å². The van der Waals surface area contributed by atoms with Crippen molar-refractivity contribution in [1.82, 2.24) is 14.3 Å². The molecule has 1 aliphatic rings. The normalized spacial score (nSPS) is 17.7. The summed E-state index contributed by atoms with van der Waals surface area (Å²) < 4.78 is 27.6. The maximum atomic E-state index is 11.8. The van der Waals surface area contributed by atoms with E-state index in [1.54, 1.807) is 7.05 Å². The third kappa shape index (κ3) is 2.02. The summed E-state index contributed by atoms with van der Waals surface area (Å²) in [6.07, 6.45) is 4.24. The highest BCUT2D eigenvalue weighted by atomic mass is 35.5. The van der Waals surface area contributed by atoms with Gasteiger partial charge in [-0.25, -0.2) is 18.1 Å². The molecule has 1 aliphatic carbocycles. The number of aromatic nitrogens is 2. The molecule has 0 aromatic carbocycles. The van der Waals surface area contributed by atoms with Crippen LogP contribution < -0.4 is 4.72 Å². The summed E-state index contributed by atoms with van der Waals surface area (Å²) >= 11 is 5.82. The number of rotatable bonds is 3. The van der Waals surface area contributed by atoms with Crippen LogP contribution in [0.2, 0.25) is 5.15 Å². The third-order valence-corrected chi connectivity index (χ3v) is 4.53. The molecule has 1 aromatic rings. The van der Waals surface area contributed by atoms with Crippen molar-refractivity contribution in [3.8, 4) is 0 Å². The SMILES string of the molecule is Cn1cnc(S(=O)(=O)NC2CCC2)c1Cl. The molecule has 0 saturated heterocycles. The van der Waals surface area contributed by atoms with Gasteiger partial charge in [0.1, 0.15) is 5.15 Å². The van der Waals surface area contributed by atoms with Crippen LogP contribution >= 0.6 is 11.6 Å². The molecular formula is C8H12ClN3O2S. The molecule has 1 fully saturated rings. The van der Waals surface area contributed by atoms with Gasteiger partial charge in [0.25, 0.3) is 10.0 Å². The second kappa shape index (κ2) is 3.77. The summed E-state index contributed by atoms with van der Waals surface area (Å²) in [5.74, 6) is 0. The van der Waals surface area contributed by atoms with Crippen LogP contribution in [0.4, 0.5) is 0 Å². The minimum atomic E-state index is -3.54. The standard InChI is InChI=1S/C8H12ClN3O2S/c1-12-5-10-8(7(12)9)15(13,14)11-6-3-2-4-6/h5-6,11H,2-4H2,1H3. The van der Waals surface area contributed by atoms with Gasteiger partial charge in [-0.2, -0.15) is 0 Å². The van der Waals surface area contributed by atoms with Gasteiger partial charge in [-0.05, 0) is 12.8 Å². The Bertz CT molecular complexity index is 464. The minimum absolute atomic E-state index is 0.0491.